The van der Waals surface area contributed by atoms with E-state index >= 15 is 0 Å². The van der Waals surface area contributed by atoms with Crippen LogP contribution in [0.4, 0.5) is 0 Å². The minimum atomic E-state index is -0.300. The number of ether oxygens (including phenoxy) is 1. The summed E-state index contributed by atoms with van der Waals surface area (Å²) in [5.74, 6) is 0.412. The van der Waals surface area contributed by atoms with E-state index in [1.807, 2.05) is 67.6 Å². The second kappa shape index (κ2) is 8.63. The van der Waals surface area contributed by atoms with E-state index in [0.717, 1.165) is 32.8 Å². The van der Waals surface area contributed by atoms with Crippen LogP contribution in [0.2, 0.25) is 0 Å². The van der Waals surface area contributed by atoms with Crippen LogP contribution in [0.1, 0.15) is 18.1 Å². The fraction of sp³-hybridized carbons (Fsp3) is 0.143. The molecule has 3 aromatic carbocycles. The highest BCUT2D eigenvalue weighted by Crippen LogP contribution is 2.23. The molecule has 0 radical (unpaired) electrons. The van der Waals surface area contributed by atoms with Gasteiger partial charge < -0.3 is 4.74 Å². The molecule has 132 valence electrons. The molecule has 0 bridgehead atoms. The van der Waals surface area contributed by atoms with Crippen LogP contribution < -0.4 is 10.2 Å². The first-order valence-corrected chi connectivity index (χ1v) is 9.17. The maximum absolute atomic E-state index is 12.0. The SMILES string of the molecule is CCc1cc(Br)ccc1OCC(=O)N/N=C/c1cccc2ccccc12. The molecule has 0 aliphatic rings. The van der Waals surface area contributed by atoms with Crippen molar-refractivity contribution in [2.24, 2.45) is 5.10 Å². The number of benzene rings is 3. The topological polar surface area (TPSA) is 50.7 Å². The Morgan fingerprint density at radius 3 is 2.81 bits per heavy atom. The van der Waals surface area contributed by atoms with Crippen molar-refractivity contribution in [1.82, 2.24) is 5.43 Å². The average Bonchev–Trinajstić information content (AvgIpc) is 2.67. The standard InChI is InChI=1S/C21H19BrN2O2/c1-2-15-12-18(22)10-11-20(15)26-14-21(25)24-23-13-17-8-5-7-16-6-3-4-9-19(16)17/h3-13H,2,14H2,1H3,(H,24,25)/b23-13+. The molecular weight excluding hydrogens is 392 g/mol. The third-order valence-corrected chi connectivity index (χ3v) is 4.47. The molecule has 0 aliphatic heterocycles. The van der Waals surface area contributed by atoms with Crippen molar-refractivity contribution in [3.8, 4) is 5.75 Å². The lowest BCUT2D eigenvalue weighted by Crippen LogP contribution is -2.24. The Kier molecular flexibility index (Phi) is 6.02. The van der Waals surface area contributed by atoms with Gasteiger partial charge in [0.1, 0.15) is 5.75 Å². The van der Waals surface area contributed by atoms with Crippen molar-refractivity contribution in [2.75, 3.05) is 6.61 Å². The van der Waals surface area contributed by atoms with Gasteiger partial charge in [-0.25, -0.2) is 5.43 Å². The van der Waals surface area contributed by atoms with Crippen molar-refractivity contribution < 1.29 is 9.53 Å². The molecule has 3 aromatic rings. The minimum Gasteiger partial charge on any atom is -0.483 e. The first-order valence-electron chi connectivity index (χ1n) is 8.38. The Bertz CT molecular complexity index is 948. The lowest BCUT2D eigenvalue weighted by molar-refractivity contribution is -0.123. The van der Waals surface area contributed by atoms with Gasteiger partial charge in [-0.3, -0.25) is 4.79 Å². The van der Waals surface area contributed by atoms with Crippen LogP contribution in [0.25, 0.3) is 10.8 Å². The highest BCUT2D eigenvalue weighted by atomic mass is 79.9. The van der Waals surface area contributed by atoms with Gasteiger partial charge in [0.2, 0.25) is 0 Å². The zero-order valence-electron chi connectivity index (χ0n) is 14.4. The summed E-state index contributed by atoms with van der Waals surface area (Å²) in [6.45, 7) is 1.96. The van der Waals surface area contributed by atoms with Crippen molar-refractivity contribution in [2.45, 2.75) is 13.3 Å². The highest BCUT2D eigenvalue weighted by Gasteiger charge is 2.06. The molecule has 0 aliphatic carbocycles. The van der Waals surface area contributed by atoms with Gasteiger partial charge in [-0.2, -0.15) is 5.10 Å². The molecule has 0 heterocycles. The maximum atomic E-state index is 12.0. The maximum Gasteiger partial charge on any atom is 0.277 e. The molecule has 26 heavy (non-hydrogen) atoms. The molecule has 0 saturated carbocycles. The van der Waals surface area contributed by atoms with Crippen LogP contribution >= 0.6 is 15.9 Å². The predicted octanol–water partition coefficient (Wildman–Crippen LogP) is 4.69. The fourth-order valence-electron chi connectivity index (χ4n) is 2.68. The molecule has 1 N–H and O–H groups in total. The molecule has 0 spiro atoms. The van der Waals surface area contributed by atoms with Crippen LogP contribution in [0.5, 0.6) is 5.75 Å². The summed E-state index contributed by atoms with van der Waals surface area (Å²) in [4.78, 5) is 12.0. The van der Waals surface area contributed by atoms with E-state index in [0.29, 0.717) is 5.75 Å². The summed E-state index contributed by atoms with van der Waals surface area (Å²) in [6.07, 6.45) is 2.48. The van der Waals surface area contributed by atoms with Gasteiger partial charge in [0.25, 0.3) is 5.91 Å². The average molecular weight is 411 g/mol. The zero-order chi connectivity index (χ0) is 18.4. The van der Waals surface area contributed by atoms with Gasteiger partial charge >= 0.3 is 0 Å². The Morgan fingerprint density at radius 2 is 1.96 bits per heavy atom. The molecule has 0 saturated heterocycles. The third kappa shape index (κ3) is 4.49. The summed E-state index contributed by atoms with van der Waals surface area (Å²) in [5.41, 5.74) is 4.51. The van der Waals surface area contributed by atoms with Crippen LogP contribution in [0.3, 0.4) is 0 Å². The number of hydrogen-bond donors (Lipinski definition) is 1. The molecule has 0 unspecified atom stereocenters. The van der Waals surface area contributed by atoms with Gasteiger partial charge in [0.15, 0.2) is 6.61 Å². The lowest BCUT2D eigenvalue weighted by Gasteiger charge is -2.10. The second-order valence-corrected chi connectivity index (χ2v) is 6.67. The van der Waals surface area contributed by atoms with E-state index in [1.165, 1.54) is 0 Å². The highest BCUT2D eigenvalue weighted by molar-refractivity contribution is 9.10. The van der Waals surface area contributed by atoms with Crippen molar-refractivity contribution in [1.29, 1.82) is 0 Å². The Hall–Kier alpha value is -2.66. The van der Waals surface area contributed by atoms with E-state index < -0.39 is 0 Å². The Morgan fingerprint density at radius 1 is 1.15 bits per heavy atom. The number of hydrazone groups is 1. The van der Waals surface area contributed by atoms with Gasteiger partial charge in [-0.05, 0) is 41.0 Å². The van der Waals surface area contributed by atoms with E-state index in [1.54, 1.807) is 6.21 Å². The number of aryl methyl sites for hydroxylation is 1. The molecule has 0 aromatic heterocycles. The number of fused-ring (bicyclic) bond motifs is 1. The van der Waals surface area contributed by atoms with Crippen molar-refractivity contribution in [3.05, 3.63) is 76.3 Å². The normalized spacial score (nSPS) is 11.0. The third-order valence-electron chi connectivity index (χ3n) is 3.98. The van der Waals surface area contributed by atoms with Crippen molar-refractivity contribution in [3.63, 3.8) is 0 Å². The predicted molar refractivity (Wildman–Crippen MR) is 109 cm³/mol. The summed E-state index contributed by atoms with van der Waals surface area (Å²) in [5, 5.41) is 6.27. The molecule has 5 heteroatoms. The van der Waals surface area contributed by atoms with E-state index in [4.69, 9.17) is 4.74 Å². The van der Waals surface area contributed by atoms with E-state index in [2.05, 4.69) is 26.5 Å². The van der Waals surface area contributed by atoms with Gasteiger partial charge in [-0.15, -0.1) is 0 Å². The largest absolute Gasteiger partial charge is 0.483 e. The van der Waals surface area contributed by atoms with Crippen LogP contribution in [0, 0.1) is 0 Å². The molecule has 0 fully saturated rings. The van der Waals surface area contributed by atoms with Crippen LogP contribution in [0.15, 0.2) is 70.2 Å². The molecule has 1 amide bonds. The molecular formula is C21H19BrN2O2. The minimum absolute atomic E-state index is 0.0818. The number of amides is 1. The number of nitrogens with one attached hydrogen (secondary N) is 1. The van der Waals surface area contributed by atoms with E-state index in [-0.39, 0.29) is 12.5 Å². The van der Waals surface area contributed by atoms with Crippen LogP contribution in [-0.4, -0.2) is 18.7 Å². The number of rotatable bonds is 6. The van der Waals surface area contributed by atoms with Crippen LogP contribution in [-0.2, 0) is 11.2 Å². The summed E-state index contributed by atoms with van der Waals surface area (Å²) in [7, 11) is 0. The number of hydrogen-bond acceptors (Lipinski definition) is 3. The first kappa shape index (κ1) is 18.1. The molecule has 4 nitrogen and oxygen atoms in total. The zero-order valence-corrected chi connectivity index (χ0v) is 16.0. The number of carbonyl (C=O) groups excluding carboxylic acids is 1. The quantitative estimate of drug-likeness (QED) is 0.473. The molecule has 0 atom stereocenters. The number of carbonyl (C=O) groups is 1. The first-order chi connectivity index (χ1) is 12.7. The fourth-order valence-corrected chi connectivity index (χ4v) is 3.09. The number of nitrogens with zero attached hydrogens (tertiary/aromatic N) is 1. The summed E-state index contributed by atoms with van der Waals surface area (Å²) >= 11 is 3.44. The lowest BCUT2D eigenvalue weighted by atomic mass is 10.1. The van der Waals surface area contributed by atoms with Gasteiger partial charge in [0.05, 0.1) is 6.21 Å². The monoisotopic (exact) mass is 410 g/mol. The Balaban J connectivity index is 1.60. The number of halogens is 1. The van der Waals surface area contributed by atoms with Gasteiger partial charge in [-0.1, -0.05) is 65.3 Å². The molecule has 3 rings (SSSR count). The van der Waals surface area contributed by atoms with Gasteiger partial charge in [0, 0.05) is 10.0 Å². The van der Waals surface area contributed by atoms with Crippen molar-refractivity contribution >= 4 is 38.8 Å². The van der Waals surface area contributed by atoms with E-state index in [9.17, 15) is 4.79 Å². The summed E-state index contributed by atoms with van der Waals surface area (Å²) < 4.78 is 6.60. The smallest absolute Gasteiger partial charge is 0.277 e. The summed E-state index contributed by atoms with van der Waals surface area (Å²) in [6, 6.07) is 19.8. The second-order valence-electron chi connectivity index (χ2n) is 5.76. The Labute approximate surface area is 161 Å².